The van der Waals surface area contributed by atoms with Crippen LogP contribution in [0.1, 0.15) is 107 Å². The molecule has 6 aromatic carbocycles. The summed E-state index contributed by atoms with van der Waals surface area (Å²) in [6, 6.07) is 31.2. The molecule has 0 bridgehead atoms. The van der Waals surface area contributed by atoms with Crippen LogP contribution >= 0.6 is 0 Å². The van der Waals surface area contributed by atoms with Gasteiger partial charge < -0.3 is 51.0 Å². The van der Waals surface area contributed by atoms with E-state index < -0.39 is 41.4 Å². The first-order chi connectivity index (χ1) is 33.8. The average Bonchev–Trinajstić information content (AvgIpc) is 3.29. The van der Waals surface area contributed by atoms with Crippen LogP contribution in [0.4, 0.5) is 62.3 Å². The Morgan fingerprint density at radius 3 is 1.14 bits per heavy atom. The summed E-state index contributed by atoms with van der Waals surface area (Å²) < 4.78 is 118. The van der Waals surface area contributed by atoms with Crippen molar-refractivity contribution in [1.82, 2.24) is 0 Å². The number of hydrogen-bond donors (Lipinski definition) is 0. The molecule has 6 rings (SSSR count). The van der Waals surface area contributed by atoms with Gasteiger partial charge in [0.1, 0.15) is 0 Å². The maximum atomic E-state index is 13.5. The summed E-state index contributed by atoms with van der Waals surface area (Å²) in [6.07, 6.45) is -12.9. The van der Waals surface area contributed by atoms with Gasteiger partial charge in [-0.15, -0.1) is 40.9 Å². The number of hydrogen-bond acceptors (Lipinski definition) is 0. The summed E-state index contributed by atoms with van der Waals surface area (Å²) in [5.41, 5.74) is 11.6. The summed E-state index contributed by atoms with van der Waals surface area (Å²) in [4.78, 5) is 0. The second kappa shape index (κ2) is 36.1. The SMILES string of the molecule is CC(=CC(C)[N-]c1ccccc1)[N-]c1ccccc1.CC(=CC([N-]c1cc(C(F)(F)F)cc(C(F)(F)F)c1)C(F)(F)F)[N-]c1cc(C)cc(C)c1.Cc1c(C)c(C)c(C)c(C)c1C.Cc1ccc(C(C)C)cc1.[CH3-].[CH3-].[CH3-].[CH3-].[Ru+4].[Ru+4]. The number of alkyl halides is 9. The smallest absolute Gasteiger partial charge is 0.679 e. The molecule has 0 aliphatic rings. The Bertz CT molecular complexity index is 2590. The van der Waals surface area contributed by atoms with Crippen LogP contribution in [0, 0.1) is 92.0 Å². The Kier molecular flexibility index (Phi) is 36.6. The molecule has 0 aliphatic carbocycles. The number of rotatable bonds is 11. The fourth-order valence-electron chi connectivity index (χ4n) is 7.38. The molecule has 6 aromatic rings. The first-order valence-electron chi connectivity index (χ1n) is 23.7. The van der Waals surface area contributed by atoms with Crippen LogP contribution in [-0.4, -0.2) is 18.3 Å². The predicted molar refractivity (Wildman–Crippen MR) is 310 cm³/mol. The molecule has 0 amide bonds. The normalized spacial score (nSPS) is 11.8. The van der Waals surface area contributed by atoms with E-state index in [-0.39, 0.29) is 98.6 Å². The van der Waals surface area contributed by atoms with E-state index in [0.717, 1.165) is 28.2 Å². The molecule has 0 radical (unpaired) electrons. The first kappa shape index (κ1) is 80.1. The third kappa shape index (κ3) is 27.6. The molecule has 0 saturated heterocycles. The van der Waals surface area contributed by atoms with E-state index in [0.29, 0.717) is 17.7 Å². The maximum Gasteiger partial charge on any atom is 4.00 e. The van der Waals surface area contributed by atoms with Crippen LogP contribution in [-0.2, 0) is 51.3 Å². The second-order valence-electron chi connectivity index (χ2n) is 18.4. The zero-order chi connectivity index (χ0) is 55.0. The van der Waals surface area contributed by atoms with E-state index in [1.54, 1.807) is 26.0 Å². The number of para-hydroxylation sites is 2. The van der Waals surface area contributed by atoms with Gasteiger partial charge in [0.2, 0.25) is 0 Å². The molecule has 0 N–H and O–H groups in total. The van der Waals surface area contributed by atoms with E-state index >= 15 is 0 Å². The largest absolute Gasteiger partial charge is 4.00 e. The summed E-state index contributed by atoms with van der Waals surface area (Å²) in [5.74, 6) is 0.653. The Hall–Kier alpha value is -5.38. The van der Waals surface area contributed by atoms with Crippen molar-refractivity contribution in [2.45, 2.75) is 133 Å². The first-order valence-corrected chi connectivity index (χ1v) is 23.7. The van der Waals surface area contributed by atoms with Gasteiger partial charge in [0, 0.05) is 0 Å². The monoisotopic (exact) mass is 1280 g/mol. The Morgan fingerprint density at radius 2 is 0.772 bits per heavy atom. The summed E-state index contributed by atoms with van der Waals surface area (Å²) in [5, 5.41) is 16.3. The fourth-order valence-corrected chi connectivity index (χ4v) is 7.38. The van der Waals surface area contributed by atoms with Crippen molar-refractivity contribution < 1.29 is 78.5 Å². The third-order valence-corrected chi connectivity index (χ3v) is 11.9. The minimum Gasteiger partial charge on any atom is -0.679 e. The zero-order valence-corrected chi connectivity index (χ0v) is 52.3. The van der Waals surface area contributed by atoms with Crippen LogP contribution < -0.4 is 0 Å². The van der Waals surface area contributed by atoms with Crippen molar-refractivity contribution in [3.63, 3.8) is 0 Å². The molecule has 0 aromatic heterocycles. The van der Waals surface area contributed by atoms with Gasteiger partial charge in [0.05, 0.1) is 11.1 Å². The van der Waals surface area contributed by atoms with Crippen LogP contribution in [0.2, 0.25) is 0 Å². The number of halogens is 9. The van der Waals surface area contributed by atoms with Crippen molar-refractivity contribution in [1.29, 1.82) is 0 Å². The van der Waals surface area contributed by atoms with Crippen molar-refractivity contribution in [3.8, 4) is 0 Å². The molecule has 0 saturated carbocycles. The average molecular weight is 1280 g/mol. The molecular formula is C64H79F9N4Ru2. The Morgan fingerprint density at radius 1 is 0.405 bits per heavy atom. The Balaban J connectivity index is -0.000000510. The van der Waals surface area contributed by atoms with Gasteiger partial charge in [-0.1, -0.05) is 167 Å². The fraction of sp³-hybridized carbons (Fsp3) is 0.312. The molecule has 2 atom stereocenters. The summed E-state index contributed by atoms with van der Waals surface area (Å²) >= 11 is 0. The maximum absolute atomic E-state index is 13.5. The molecule has 434 valence electrons. The molecule has 0 fully saturated rings. The summed E-state index contributed by atoms with van der Waals surface area (Å²) in [6.45, 7) is 28.6. The van der Waals surface area contributed by atoms with Crippen LogP contribution in [0.5, 0.6) is 0 Å². The minimum absolute atomic E-state index is 0. The van der Waals surface area contributed by atoms with Crippen molar-refractivity contribution in [2.75, 3.05) is 0 Å². The van der Waals surface area contributed by atoms with Gasteiger partial charge in [-0.25, -0.2) is 0 Å². The van der Waals surface area contributed by atoms with Gasteiger partial charge in [0.25, 0.3) is 0 Å². The molecular weight excluding hydrogens is 1200 g/mol. The van der Waals surface area contributed by atoms with E-state index in [1.165, 1.54) is 51.4 Å². The molecule has 15 heteroatoms. The Labute approximate surface area is 494 Å². The molecule has 2 unspecified atom stereocenters. The topological polar surface area (TPSA) is 56.4 Å². The van der Waals surface area contributed by atoms with Gasteiger partial charge >= 0.3 is 57.5 Å². The number of benzene rings is 6. The van der Waals surface area contributed by atoms with E-state index in [4.69, 9.17) is 0 Å². The molecule has 4 nitrogen and oxygen atoms in total. The third-order valence-electron chi connectivity index (χ3n) is 11.9. The molecule has 0 aliphatic heterocycles. The van der Waals surface area contributed by atoms with Gasteiger partial charge in [0.15, 0.2) is 0 Å². The number of aryl methyl sites for hydroxylation is 3. The molecule has 0 heterocycles. The number of allylic oxidation sites excluding steroid dienone is 2. The van der Waals surface area contributed by atoms with E-state index in [9.17, 15) is 39.5 Å². The van der Waals surface area contributed by atoms with Crippen molar-refractivity contribution in [2.24, 2.45) is 0 Å². The summed E-state index contributed by atoms with van der Waals surface area (Å²) in [7, 11) is 0. The van der Waals surface area contributed by atoms with Gasteiger partial charge in [-0.05, 0) is 119 Å². The quantitative estimate of drug-likeness (QED) is 0.0705. The standard InChI is InChI=1S/C21H17F9N2.C17H18N2.C12H18.C10H14.4CH3.2Ru/c1-11-4-12(2)6-16(5-11)31-13(3)7-18(21(28,29)30)32-17-9-14(19(22,23)24)8-15(10-17)20(25,26)27;1-14(18-16-9-5-3-6-10-16)13-15(2)19-17-11-7-4-8-12-17;1-7-8(2)10(4)12(6)11(5)9(7)3;1-8(2)10-6-4-9(3)5-7-10;;;;;;/h4-10,18H,1-3H3;3-14H,1-2H3;1-6H3;4-8H,1-3H3;4*1H3;;/q2*-2;;;4*-1;2*+4. The van der Waals surface area contributed by atoms with Crippen LogP contribution in [0.15, 0.2) is 145 Å². The van der Waals surface area contributed by atoms with Crippen molar-refractivity contribution >= 4 is 22.7 Å². The molecule has 0 spiro atoms. The van der Waals surface area contributed by atoms with E-state index in [2.05, 4.69) is 121 Å². The van der Waals surface area contributed by atoms with Crippen LogP contribution in [0.25, 0.3) is 21.3 Å². The van der Waals surface area contributed by atoms with Gasteiger partial charge in [-0.2, -0.15) is 50.9 Å². The molecule has 79 heavy (non-hydrogen) atoms. The number of nitrogens with zero attached hydrogens (tertiary/aromatic N) is 4. The van der Waals surface area contributed by atoms with Crippen LogP contribution in [0.3, 0.4) is 0 Å². The second-order valence-corrected chi connectivity index (χ2v) is 18.4. The van der Waals surface area contributed by atoms with Gasteiger partial charge in [-0.3, -0.25) is 0 Å². The van der Waals surface area contributed by atoms with E-state index in [1.807, 2.05) is 73.7 Å². The zero-order valence-electron chi connectivity index (χ0n) is 48.8. The minimum atomic E-state index is -5.20. The predicted octanol–water partition coefficient (Wildman–Crippen LogP) is 23.0. The van der Waals surface area contributed by atoms with Crippen molar-refractivity contribution in [3.05, 3.63) is 263 Å².